The van der Waals surface area contributed by atoms with Crippen molar-refractivity contribution in [2.75, 3.05) is 20.2 Å². The molecule has 1 aliphatic heterocycles. The van der Waals surface area contributed by atoms with Crippen molar-refractivity contribution in [2.45, 2.75) is 45.4 Å². The first-order valence-electron chi connectivity index (χ1n) is 7.58. The zero-order valence-corrected chi connectivity index (χ0v) is 12.5. The second-order valence-electron chi connectivity index (χ2n) is 5.96. The average molecular weight is 261 g/mol. The molecule has 0 atom stereocenters. The van der Waals surface area contributed by atoms with E-state index in [9.17, 15) is 0 Å². The third-order valence-corrected chi connectivity index (χ3v) is 4.22. The van der Waals surface area contributed by atoms with Gasteiger partial charge < -0.3 is 10.1 Å². The Balaban J connectivity index is 1.98. The number of piperidine rings is 1. The van der Waals surface area contributed by atoms with Crippen molar-refractivity contribution in [3.63, 3.8) is 0 Å². The van der Waals surface area contributed by atoms with E-state index < -0.39 is 0 Å². The highest BCUT2D eigenvalue weighted by Gasteiger charge is 2.14. The van der Waals surface area contributed by atoms with Crippen LogP contribution in [0.1, 0.15) is 50.2 Å². The van der Waals surface area contributed by atoms with Crippen LogP contribution in [-0.2, 0) is 6.42 Å². The predicted molar refractivity (Wildman–Crippen MR) is 81.0 cm³/mol. The van der Waals surface area contributed by atoms with Crippen LogP contribution < -0.4 is 10.1 Å². The molecule has 1 saturated heterocycles. The highest BCUT2D eigenvalue weighted by molar-refractivity contribution is 5.39. The number of hydrogen-bond donors (Lipinski definition) is 1. The molecule has 1 N–H and O–H groups in total. The van der Waals surface area contributed by atoms with Crippen LogP contribution in [0, 0.1) is 5.92 Å². The van der Waals surface area contributed by atoms with E-state index in [0.717, 1.165) is 11.7 Å². The van der Waals surface area contributed by atoms with Crippen LogP contribution >= 0.6 is 0 Å². The summed E-state index contributed by atoms with van der Waals surface area (Å²) < 4.78 is 5.45. The normalized spacial score (nSPS) is 16.8. The fraction of sp³-hybridized carbons (Fsp3) is 0.647. The lowest BCUT2D eigenvalue weighted by Gasteiger charge is -2.22. The topological polar surface area (TPSA) is 21.3 Å². The number of benzene rings is 1. The number of nitrogens with one attached hydrogen (secondary N) is 1. The second-order valence-corrected chi connectivity index (χ2v) is 5.96. The molecule has 106 valence electrons. The Labute approximate surface area is 117 Å². The molecular weight excluding hydrogens is 234 g/mol. The summed E-state index contributed by atoms with van der Waals surface area (Å²) in [6.07, 6.45) is 5.21. The summed E-state index contributed by atoms with van der Waals surface area (Å²) >= 11 is 0. The van der Waals surface area contributed by atoms with E-state index in [4.69, 9.17) is 4.74 Å². The highest BCUT2D eigenvalue weighted by atomic mass is 16.5. The number of hydrogen-bond acceptors (Lipinski definition) is 2. The van der Waals surface area contributed by atoms with Gasteiger partial charge in [-0.25, -0.2) is 0 Å². The predicted octanol–water partition coefficient (Wildman–Crippen LogP) is 3.75. The maximum Gasteiger partial charge on any atom is 0.122 e. The van der Waals surface area contributed by atoms with Gasteiger partial charge >= 0.3 is 0 Å². The molecule has 0 saturated carbocycles. The molecule has 1 heterocycles. The molecule has 1 aliphatic rings. The van der Waals surface area contributed by atoms with Crippen molar-refractivity contribution in [3.8, 4) is 5.75 Å². The zero-order valence-electron chi connectivity index (χ0n) is 12.5. The van der Waals surface area contributed by atoms with Gasteiger partial charge in [-0.1, -0.05) is 26.0 Å². The lowest BCUT2D eigenvalue weighted by Crippen LogP contribution is -2.27. The maximum absolute atomic E-state index is 5.45. The van der Waals surface area contributed by atoms with Gasteiger partial charge in [0.1, 0.15) is 5.75 Å². The van der Waals surface area contributed by atoms with Gasteiger partial charge in [0.05, 0.1) is 7.11 Å². The van der Waals surface area contributed by atoms with Crippen LogP contribution in [0.5, 0.6) is 5.75 Å². The van der Waals surface area contributed by atoms with Crippen molar-refractivity contribution in [1.82, 2.24) is 5.32 Å². The van der Waals surface area contributed by atoms with E-state index in [2.05, 4.69) is 37.4 Å². The molecule has 0 amide bonds. The molecule has 19 heavy (non-hydrogen) atoms. The first-order chi connectivity index (χ1) is 9.20. The Morgan fingerprint density at radius 1 is 1.26 bits per heavy atom. The minimum absolute atomic E-state index is 0.522. The third-order valence-electron chi connectivity index (χ3n) is 4.22. The van der Waals surface area contributed by atoms with Gasteiger partial charge in [0.15, 0.2) is 0 Å². The molecular formula is C17H27NO. The minimum atomic E-state index is 0.522. The van der Waals surface area contributed by atoms with E-state index in [1.54, 1.807) is 7.11 Å². The molecule has 2 heteroatoms. The summed E-state index contributed by atoms with van der Waals surface area (Å²) in [6, 6.07) is 6.70. The van der Waals surface area contributed by atoms with Gasteiger partial charge in [-0.05, 0) is 67.8 Å². The smallest absolute Gasteiger partial charge is 0.122 e. The van der Waals surface area contributed by atoms with Gasteiger partial charge in [0.25, 0.3) is 0 Å². The Hall–Kier alpha value is -1.02. The van der Waals surface area contributed by atoms with E-state index in [1.807, 2.05) is 0 Å². The minimum Gasteiger partial charge on any atom is -0.496 e. The maximum atomic E-state index is 5.45. The zero-order chi connectivity index (χ0) is 13.7. The quantitative estimate of drug-likeness (QED) is 0.871. The van der Waals surface area contributed by atoms with Gasteiger partial charge in [0.2, 0.25) is 0 Å². The SMILES string of the molecule is COc1ccc(CCC2CCNCC2)cc1C(C)C. The van der Waals surface area contributed by atoms with Crippen LogP contribution in [-0.4, -0.2) is 20.2 Å². The summed E-state index contributed by atoms with van der Waals surface area (Å²) in [5, 5.41) is 3.44. The van der Waals surface area contributed by atoms with E-state index >= 15 is 0 Å². The third kappa shape index (κ3) is 3.97. The molecule has 0 radical (unpaired) electrons. The first kappa shape index (κ1) is 14.4. The lowest BCUT2D eigenvalue weighted by molar-refractivity contribution is 0.354. The van der Waals surface area contributed by atoms with Crippen molar-refractivity contribution >= 4 is 0 Å². The Bertz CT molecular complexity index is 394. The first-order valence-corrected chi connectivity index (χ1v) is 7.58. The average Bonchev–Trinajstić information content (AvgIpc) is 2.46. The summed E-state index contributed by atoms with van der Waals surface area (Å²) in [6.45, 7) is 6.86. The van der Waals surface area contributed by atoms with Gasteiger partial charge in [-0.3, -0.25) is 0 Å². The molecule has 0 unspecified atom stereocenters. The number of rotatable bonds is 5. The fourth-order valence-corrected chi connectivity index (χ4v) is 2.93. The standard InChI is InChI=1S/C17H27NO/c1-13(2)16-12-15(6-7-17(16)19-3)5-4-14-8-10-18-11-9-14/h6-7,12-14,18H,4-5,8-11H2,1-3H3. The molecule has 1 aromatic carbocycles. The van der Waals surface area contributed by atoms with Crippen LogP contribution in [0.25, 0.3) is 0 Å². The summed E-state index contributed by atoms with van der Waals surface area (Å²) in [4.78, 5) is 0. The van der Waals surface area contributed by atoms with Gasteiger partial charge in [-0.15, -0.1) is 0 Å². The van der Waals surface area contributed by atoms with E-state index in [1.165, 1.54) is 49.9 Å². The van der Waals surface area contributed by atoms with E-state index in [0.29, 0.717) is 5.92 Å². The molecule has 2 nitrogen and oxygen atoms in total. The molecule has 1 aromatic rings. The molecule has 1 fully saturated rings. The summed E-state index contributed by atoms with van der Waals surface area (Å²) in [5.74, 6) is 2.46. The van der Waals surface area contributed by atoms with Crippen molar-refractivity contribution in [3.05, 3.63) is 29.3 Å². The van der Waals surface area contributed by atoms with Crippen molar-refractivity contribution in [1.29, 1.82) is 0 Å². The summed E-state index contributed by atoms with van der Waals surface area (Å²) in [5.41, 5.74) is 2.80. The van der Waals surface area contributed by atoms with Crippen LogP contribution in [0.15, 0.2) is 18.2 Å². The van der Waals surface area contributed by atoms with E-state index in [-0.39, 0.29) is 0 Å². The Morgan fingerprint density at radius 2 is 2.00 bits per heavy atom. The molecule has 0 aliphatic carbocycles. The van der Waals surface area contributed by atoms with Gasteiger partial charge in [0, 0.05) is 0 Å². The summed E-state index contributed by atoms with van der Waals surface area (Å²) in [7, 11) is 1.76. The largest absolute Gasteiger partial charge is 0.496 e. The van der Waals surface area contributed by atoms with Crippen molar-refractivity contribution in [2.24, 2.45) is 5.92 Å². The highest BCUT2D eigenvalue weighted by Crippen LogP contribution is 2.28. The molecule has 0 bridgehead atoms. The fourth-order valence-electron chi connectivity index (χ4n) is 2.93. The second kappa shape index (κ2) is 6.95. The number of aryl methyl sites for hydroxylation is 1. The molecule has 2 rings (SSSR count). The number of methoxy groups -OCH3 is 1. The van der Waals surface area contributed by atoms with Crippen molar-refractivity contribution < 1.29 is 4.74 Å². The lowest BCUT2D eigenvalue weighted by atomic mass is 9.90. The molecule has 0 spiro atoms. The Kier molecular flexibility index (Phi) is 5.26. The Morgan fingerprint density at radius 3 is 2.63 bits per heavy atom. The number of ether oxygens (including phenoxy) is 1. The molecule has 0 aromatic heterocycles. The van der Waals surface area contributed by atoms with Crippen LogP contribution in [0.3, 0.4) is 0 Å². The van der Waals surface area contributed by atoms with Crippen LogP contribution in [0.4, 0.5) is 0 Å². The monoisotopic (exact) mass is 261 g/mol. The van der Waals surface area contributed by atoms with Gasteiger partial charge in [-0.2, -0.15) is 0 Å². The van der Waals surface area contributed by atoms with Crippen LogP contribution in [0.2, 0.25) is 0 Å².